The van der Waals surface area contributed by atoms with Gasteiger partial charge in [-0.2, -0.15) is 0 Å². The van der Waals surface area contributed by atoms with Gasteiger partial charge in [0.25, 0.3) is 0 Å². The molecule has 30 heavy (non-hydrogen) atoms. The maximum atomic E-state index is 13.2. The molecule has 0 spiro atoms. The Morgan fingerprint density at radius 3 is 1.57 bits per heavy atom. The Morgan fingerprint density at radius 2 is 1.13 bits per heavy atom. The molecule has 0 aliphatic carbocycles. The number of ether oxygens (including phenoxy) is 2. The summed E-state index contributed by atoms with van der Waals surface area (Å²) in [5.41, 5.74) is 4.31. The predicted molar refractivity (Wildman–Crippen MR) is 116 cm³/mol. The highest BCUT2D eigenvalue weighted by molar-refractivity contribution is 6.09. The lowest BCUT2D eigenvalue weighted by Crippen LogP contribution is -2.03. The average Bonchev–Trinajstić information content (AvgIpc) is 2.83. The first kappa shape index (κ1) is 19.3. The summed E-state index contributed by atoms with van der Waals surface area (Å²) in [5, 5.41) is 0. The molecular weight excluding hydrogens is 376 g/mol. The number of ketones is 1. The average molecular weight is 396 g/mol. The number of hydrogen-bond acceptors (Lipinski definition) is 5. The van der Waals surface area contributed by atoms with Crippen molar-refractivity contribution in [3.05, 3.63) is 96.3 Å². The summed E-state index contributed by atoms with van der Waals surface area (Å²) in [6, 6.07) is 22.2. The van der Waals surface area contributed by atoms with Gasteiger partial charge in [0.1, 0.15) is 11.5 Å². The highest BCUT2D eigenvalue weighted by Gasteiger charge is 2.13. The molecular formula is C25H20N2O3. The number of rotatable bonds is 6. The number of aromatic nitrogens is 2. The third kappa shape index (κ3) is 4.05. The lowest BCUT2D eigenvalue weighted by atomic mass is 10.0. The van der Waals surface area contributed by atoms with Crippen molar-refractivity contribution in [2.24, 2.45) is 0 Å². The van der Waals surface area contributed by atoms with Crippen molar-refractivity contribution >= 4 is 5.78 Å². The molecule has 0 aliphatic rings. The van der Waals surface area contributed by atoms with Gasteiger partial charge in [0.05, 0.1) is 25.6 Å². The number of pyridine rings is 2. The quantitative estimate of drug-likeness (QED) is 0.426. The summed E-state index contributed by atoms with van der Waals surface area (Å²) in [7, 11) is 3.24. The summed E-state index contributed by atoms with van der Waals surface area (Å²) >= 11 is 0. The largest absolute Gasteiger partial charge is 0.497 e. The van der Waals surface area contributed by atoms with Crippen LogP contribution in [-0.2, 0) is 0 Å². The van der Waals surface area contributed by atoms with E-state index in [0.29, 0.717) is 22.5 Å². The molecule has 2 heterocycles. The van der Waals surface area contributed by atoms with E-state index in [2.05, 4.69) is 9.97 Å². The summed E-state index contributed by atoms with van der Waals surface area (Å²) in [6.07, 6.45) is 3.29. The first-order valence-electron chi connectivity index (χ1n) is 9.43. The fourth-order valence-corrected chi connectivity index (χ4v) is 3.19. The molecule has 0 radical (unpaired) electrons. The van der Waals surface area contributed by atoms with Crippen molar-refractivity contribution in [3.63, 3.8) is 0 Å². The molecule has 0 amide bonds. The van der Waals surface area contributed by atoms with Crippen LogP contribution >= 0.6 is 0 Å². The van der Waals surface area contributed by atoms with E-state index in [4.69, 9.17) is 9.47 Å². The van der Waals surface area contributed by atoms with Crippen molar-refractivity contribution in [1.29, 1.82) is 0 Å². The number of methoxy groups -OCH3 is 2. The number of hydrogen-bond donors (Lipinski definition) is 0. The summed E-state index contributed by atoms with van der Waals surface area (Å²) < 4.78 is 10.6. The Bertz CT molecular complexity index is 1110. The van der Waals surface area contributed by atoms with Gasteiger partial charge in [-0.15, -0.1) is 0 Å². The molecule has 4 aromatic rings. The molecule has 0 unspecified atom stereocenters. The fourth-order valence-electron chi connectivity index (χ4n) is 3.19. The smallest absolute Gasteiger partial charge is 0.193 e. The van der Waals surface area contributed by atoms with Gasteiger partial charge < -0.3 is 9.47 Å². The van der Waals surface area contributed by atoms with E-state index in [1.165, 1.54) is 0 Å². The Morgan fingerprint density at radius 1 is 0.667 bits per heavy atom. The second-order valence-electron chi connectivity index (χ2n) is 6.65. The zero-order chi connectivity index (χ0) is 20.9. The van der Waals surface area contributed by atoms with Crippen molar-refractivity contribution in [2.75, 3.05) is 14.2 Å². The first-order chi connectivity index (χ1) is 14.7. The monoisotopic (exact) mass is 396 g/mol. The van der Waals surface area contributed by atoms with Crippen LogP contribution in [0.25, 0.3) is 22.5 Å². The summed E-state index contributed by atoms with van der Waals surface area (Å²) in [6.45, 7) is 0. The van der Waals surface area contributed by atoms with Crippen LogP contribution in [0.5, 0.6) is 11.5 Å². The van der Waals surface area contributed by atoms with Crippen LogP contribution in [0.3, 0.4) is 0 Å². The maximum Gasteiger partial charge on any atom is 0.193 e. The van der Waals surface area contributed by atoms with Crippen molar-refractivity contribution < 1.29 is 14.3 Å². The Hall–Kier alpha value is -3.99. The van der Waals surface area contributed by atoms with E-state index in [1.807, 2.05) is 48.5 Å². The predicted octanol–water partition coefficient (Wildman–Crippen LogP) is 5.06. The van der Waals surface area contributed by atoms with E-state index < -0.39 is 0 Å². The molecule has 148 valence electrons. The molecule has 0 N–H and O–H groups in total. The van der Waals surface area contributed by atoms with Gasteiger partial charge in [0.15, 0.2) is 5.78 Å². The molecule has 0 atom stereocenters. The van der Waals surface area contributed by atoms with Crippen molar-refractivity contribution in [3.8, 4) is 34.0 Å². The Kier molecular flexibility index (Phi) is 5.52. The van der Waals surface area contributed by atoms with Crippen LogP contribution in [0.15, 0.2) is 85.2 Å². The second kappa shape index (κ2) is 8.57. The van der Waals surface area contributed by atoms with E-state index >= 15 is 0 Å². The molecule has 2 aromatic carbocycles. The second-order valence-corrected chi connectivity index (χ2v) is 6.65. The highest BCUT2D eigenvalue weighted by atomic mass is 16.5. The molecule has 2 aromatic heterocycles. The molecule has 0 fully saturated rings. The van der Waals surface area contributed by atoms with Crippen LogP contribution in [0, 0.1) is 0 Å². The molecule has 5 heteroatoms. The minimum absolute atomic E-state index is 0.0897. The molecule has 4 rings (SSSR count). The number of carbonyl (C=O) groups is 1. The van der Waals surface area contributed by atoms with Crippen molar-refractivity contribution in [1.82, 2.24) is 9.97 Å². The highest BCUT2D eigenvalue weighted by Crippen LogP contribution is 2.25. The number of nitrogens with zero attached hydrogens (tertiary/aromatic N) is 2. The first-order valence-corrected chi connectivity index (χ1v) is 9.43. The Balaban J connectivity index is 1.66. The van der Waals surface area contributed by atoms with Gasteiger partial charge in [-0.05, 0) is 48.5 Å². The van der Waals surface area contributed by atoms with Gasteiger partial charge in [0, 0.05) is 34.6 Å². The molecule has 5 nitrogen and oxygen atoms in total. The molecule has 0 bridgehead atoms. The van der Waals surface area contributed by atoms with Crippen LogP contribution in [0.4, 0.5) is 0 Å². The fraction of sp³-hybridized carbons (Fsp3) is 0.0800. The Labute approximate surface area is 175 Å². The minimum atomic E-state index is -0.0897. The summed E-state index contributed by atoms with van der Waals surface area (Å²) in [4.78, 5) is 22.0. The van der Waals surface area contributed by atoms with E-state index in [0.717, 1.165) is 22.6 Å². The van der Waals surface area contributed by atoms with Gasteiger partial charge in [-0.25, -0.2) is 0 Å². The van der Waals surface area contributed by atoms with Crippen LogP contribution in [-0.4, -0.2) is 30.0 Å². The molecule has 0 saturated heterocycles. The molecule has 0 saturated carbocycles. The third-order valence-corrected chi connectivity index (χ3v) is 4.78. The minimum Gasteiger partial charge on any atom is -0.497 e. The van der Waals surface area contributed by atoms with Gasteiger partial charge in [-0.3, -0.25) is 14.8 Å². The molecule has 0 aliphatic heterocycles. The van der Waals surface area contributed by atoms with Gasteiger partial charge in [-0.1, -0.05) is 24.3 Å². The third-order valence-electron chi connectivity index (χ3n) is 4.78. The SMILES string of the molecule is COc1cccc(-c2cc(C(=O)c3ccnc(-c4cccc(OC)c4)c3)ccn2)c1. The zero-order valence-electron chi connectivity index (χ0n) is 16.7. The van der Waals surface area contributed by atoms with Crippen molar-refractivity contribution in [2.45, 2.75) is 0 Å². The van der Waals surface area contributed by atoms with E-state index in [-0.39, 0.29) is 5.78 Å². The van der Waals surface area contributed by atoms with Crippen LogP contribution in [0.2, 0.25) is 0 Å². The van der Waals surface area contributed by atoms with E-state index in [9.17, 15) is 4.79 Å². The van der Waals surface area contributed by atoms with E-state index in [1.54, 1.807) is 50.9 Å². The van der Waals surface area contributed by atoms with Crippen LogP contribution < -0.4 is 9.47 Å². The number of benzene rings is 2. The summed E-state index contributed by atoms with van der Waals surface area (Å²) in [5.74, 6) is 1.39. The van der Waals surface area contributed by atoms with Crippen LogP contribution in [0.1, 0.15) is 15.9 Å². The number of carbonyl (C=O) groups excluding carboxylic acids is 1. The standard InChI is InChI=1S/C25H20N2O3/c1-29-21-7-3-5-17(13-21)23-15-19(9-11-26-23)25(28)20-10-12-27-24(16-20)18-6-4-8-22(14-18)30-2/h3-16H,1-2H3. The van der Waals surface area contributed by atoms with Gasteiger partial charge in [0.2, 0.25) is 0 Å². The normalized spacial score (nSPS) is 10.5. The maximum absolute atomic E-state index is 13.2. The lowest BCUT2D eigenvalue weighted by molar-refractivity contribution is 0.103. The topological polar surface area (TPSA) is 61.3 Å². The van der Waals surface area contributed by atoms with Gasteiger partial charge >= 0.3 is 0 Å². The zero-order valence-corrected chi connectivity index (χ0v) is 16.7. The lowest BCUT2D eigenvalue weighted by Gasteiger charge is -2.08.